The first-order chi connectivity index (χ1) is 13.7. The fourth-order valence-electron chi connectivity index (χ4n) is 2.63. The molecule has 0 saturated carbocycles. The molecule has 1 amide bonds. The van der Waals surface area contributed by atoms with Crippen LogP contribution in [-0.2, 0) is 26.9 Å². The number of rotatable bonds is 7. The number of ether oxygens (including phenoxy) is 2. The van der Waals surface area contributed by atoms with E-state index in [9.17, 15) is 27.9 Å². The summed E-state index contributed by atoms with van der Waals surface area (Å²) in [7, 11) is 2.64. The van der Waals surface area contributed by atoms with Gasteiger partial charge in [0.05, 0.1) is 19.8 Å². The third kappa shape index (κ3) is 5.95. The zero-order valence-electron chi connectivity index (χ0n) is 15.7. The lowest BCUT2D eigenvalue weighted by Gasteiger charge is -2.19. The SMILES string of the molecule is COC(=O)[C@@H](Cc1cccc(OC)c1)NC(=O)[C@H](O)c1ccc(C(F)(F)F)cc1. The molecule has 0 fully saturated rings. The molecule has 0 unspecified atom stereocenters. The fourth-order valence-corrected chi connectivity index (χ4v) is 2.63. The van der Waals surface area contributed by atoms with E-state index in [1.807, 2.05) is 0 Å². The number of halogens is 3. The molecule has 0 aromatic heterocycles. The Morgan fingerprint density at radius 3 is 2.31 bits per heavy atom. The number of aliphatic hydroxyl groups excluding tert-OH is 1. The molecule has 0 radical (unpaired) electrons. The molecule has 0 aliphatic carbocycles. The maximum Gasteiger partial charge on any atom is 0.416 e. The molecule has 2 aromatic rings. The zero-order chi connectivity index (χ0) is 21.6. The van der Waals surface area contributed by atoms with Gasteiger partial charge in [0.15, 0.2) is 6.10 Å². The van der Waals surface area contributed by atoms with Crippen LogP contribution < -0.4 is 10.1 Å². The number of alkyl halides is 3. The number of hydrogen-bond acceptors (Lipinski definition) is 5. The van der Waals surface area contributed by atoms with Crippen LogP contribution in [0.5, 0.6) is 5.75 Å². The van der Waals surface area contributed by atoms with Crippen LogP contribution in [0.25, 0.3) is 0 Å². The lowest BCUT2D eigenvalue weighted by Crippen LogP contribution is -2.45. The minimum atomic E-state index is -4.53. The Hall–Kier alpha value is -3.07. The molecule has 2 atom stereocenters. The summed E-state index contributed by atoms with van der Waals surface area (Å²) >= 11 is 0. The van der Waals surface area contributed by atoms with Crippen molar-refractivity contribution in [1.29, 1.82) is 0 Å². The Morgan fingerprint density at radius 2 is 1.76 bits per heavy atom. The van der Waals surface area contributed by atoms with E-state index >= 15 is 0 Å². The van der Waals surface area contributed by atoms with Crippen molar-refractivity contribution >= 4 is 11.9 Å². The van der Waals surface area contributed by atoms with Gasteiger partial charge in [-0.2, -0.15) is 13.2 Å². The van der Waals surface area contributed by atoms with E-state index in [4.69, 9.17) is 4.74 Å². The zero-order valence-corrected chi connectivity index (χ0v) is 15.7. The molecule has 29 heavy (non-hydrogen) atoms. The van der Waals surface area contributed by atoms with E-state index in [1.54, 1.807) is 24.3 Å². The molecule has 2 N–H and O–H groups in total. The molecular weight excluding hydrogens is 391 g/mol. The normalized spacial score (nSPS) is 13.3. The fraction of sp³-hybridized carbons (Fsp3) is 0.300. The van der Waals surface area contributed by atoms with Crippen LogP contribution in [0.15, 0.2) is 48.5 Å². The van der Waals surface area contributed by atoms with Crippen molar-refractivity contribution in [3.05, 3.63) is 65.2 Å². The maximum atomic E-state index is 12.6. The Morgan fingerprint density at radius 1 is 1.10 bits per heavy atom. The highest BCUT2D eigenvalue weighted by atomic mass is 19.4. The highest BCUT2D eigenvalue weighted by Crippen LogP contribution is 2.30. The van der Waals surface area contributed by atoms with Crippen molar-refractivity contribution in [2.45, 2.75) is 24.7 Å². The molecule has 156 valence electrons. The van der Waals surface area contributed by atoms with Crippen molar-refractivity contribution in [2.24, 2.45) is 0 Å². The summed E-state index contributed by atoms with van der Waals surface area (Å²) in [6.45, 7) is 0. The number of nitrogens with one attached hydrogen (secondary N) is 1. The summed E-state index contributed by atoms with van der Waals surface area (Å²) in [6, 6.07) is 9.24. The number of benzene rings is 2. The summed E-state index contributed by atoms with van der Waals surface area (Å²) in [5, 5.41) is 12.5. The topological polar surface area (TPSA) is 84.9 Å². The van der Waals surface area contributed by atoms with Crippen LogP contribution in [0.4, 0.5) is 13.2 Å². The predicted octanol–water partition coefficient (Wildman–Crippen LogP) is 2.65. The second-order valence-electron chi connectivity index (χ2n) is 6.16. The summed E-state index contributed by atoms with van der Waals surface area (Å²) < 4.78 is 47.7. The number of esters is 1. The minimum Gasteiger partial charge on any atom is -0.497 e. The molecule has 0 aliphatic rings. The van der Waals surface area contributed by atoms with Gasteiger partial charge in [0, 0.05) is 6.42 Å². The summed E-state index contributed by atoms with van der Waals surface area (Å²) in [5.74, 6) is -1.12. The molecular formula is C20H20F3NO5. The van der Waals surface area contributed by atoms with E-state index in [-0.39, 0.29) is 12.0 Å². The van der Waals surface area contributed by atoms with Crippen molar-refractivity contribution in [2.75, 3.05) is 14.2 Å². The van der Waals surface area contributed by atoms with Gasteiger partial charge in [0.2, 0.25) is 0 Å². The van der Waals surface area contributed by atoms with Crippen LogP contribution in [0.3, 0.4) is 0 Å². The van der Waals surface area contributed by atoms with E-state index in [0.717, 1.165) is 31.4 Å². The largest absolute Gasteiger partial charge is 0.497 e. The smallest absolute Gasteiger partial charge is 0.416 e. The van der Waals surface area contributed by atoms with Gasteiger partial charge in [-0.3, -0.25) is 4.79 Å². The van der Waals surface area contributed by atoms with Crippen LogP contribution in [0, 0.1) is 0 Å². The van der Waals surface area contributed by atoms with Crippen molar-refractivity contribution in [3.8, 4) is 5.75 Å². The molecule has 6 nitrogen and oxygen atoms in total. The van der Waals surface area contributed by atoms with Gasteiger partial charge in [0.25, 0.3) is 5.91 Å². The Kier molecular flexibility index (Phi) is 7.22. The number of amides is 1. The molecule has 0 aliphatic heterocycles. The van der Waals surface area contributed by atoms with Gasteiger partial charge < -0.3 is 19.9 Å². The minimum absolute atomic E-state index is 0.0412. The maximum absolute atomic E-state index is 12.6. The first-order valence-corrected chi connectivity index (χ1v) is 8.52. The van der Waals surface area contributed by atoms with E-state index < -0.39 is 35.8 Å². The molecule has 2 aromatic carbocycles. The summed E-state index contributed by atoms with van der Waals surface area (Å²) in [5.41, 5.74) is -0.274. The van der Waals surface area contributed by atoms with Gasteiger partial charge in [0.1, 0.15) is 11.8 Å². The molecule has 2 rings (SSSR count). The van der Waals surface area contributed by atoms with Crippen LogP contribution in [0.1, 0.15) is 22.8 Å². The van der Waals surface area contributed by atoms with Crippen molar-refractivity contribution in [3.63, 3.8) is 0 Å². The van der Waals surface area contributed by atoms with Gasteiger partial charge in [-0.25, -0.2) is 4.79 Å². The lowest BCUT2D eigenvalue weighted by molar-refractivity contribution is -0.146. The number of aliphatic hydroxyl groups is 1. The van der Waals surface area contributed by atoms with E-state index in [2.05, 4.69) is 10.1 Å². The van der Waals surface area contributed by atoms with Crippen LogP contribution in [-0.4, -0.2) is 37.2 Å². The average molecular weight is 411 g/mol. The Labute approximate surface area is 165 Å². The Bertz CT molecular complexity index is 852. The quantitative estimate of drug-likeness (QED) is 0.685. The summed E-state index contributed by atoms with van der Waals surface area (Å²) in [4.78, 5) is 24.4. The number of hydrogen-bond donors (Lipinski definition) is 2. The monoisotopic (exact) mass is 411 g/mol. The van der Waals surface area contributed by atoms with E-state index in [0.29, 0.717) is 11.3 Å². The highest BCUT2D eigenvalue weighted by Gasteiger charge is 2.31. The second-order valence-corrected chi connectivity index (χ2v) is 6.16. The third-order valence-electron chi connectivity index (χ3n) is 4.18. The molecule has 9 heteroatoms. The molecule has 0 bridgehead atoms. The third-order valence-corrected chi connectivity index (χ3v) is 4.18. The molecule has 0 saturated heterocycles. The number of methoxy groups -OCH3 is 2. The second kappa shape index (κ2) is 9.42. The molecule has 0 spiro atoms. The van der Waals surface area contributed by atoms with Crippen LogP contribution >= 0.6 is 0 Å². The Balaban J connectivity index is 2.13. The van der Waals surface area contributed by atoms with E-state index in [1.165, 1.54) is 7.11 Å². The first kappa shape index (κ1) is 22.2. The van der Waals surface area contributed by atoms with Crippen molar-refractivity contribution in [1.82, 2.24) is 5.32 Å². The molecule has 0 heterocycles. The van der Waals surface area contributed by atoms with Crippen LogP contribution in [0.2, 0.25) is 0 Å². The predicted molar refractivity (Wildman–Crippen MR) is 97.0 cm³/mol. The van der Waals surface area contributed by atoms with Crippen molar-refractivity contribution < 1.29 is 37.3 Å². The van der Waals surface area contributed by atoms with Gasteiger partial charge in [-0.1, -0.05) is 24.3 Å². The standard InChI is InChI=1S/C20H20F3NO5/c1-28-15-5-3-4-12(10-15)11-16(19(27)29-2)24-18(26)17(25)13-6-8-14(9-7-13)20(21,22)23/h3-10,16-17,25H,11H2,1-2H3,(H,24,26)/t16-,17-/m1/s1. The summed E-state index contributed by atoms with van der Waals surface area (Å²) in [6.07, 6.45) is -6.22. The first-order valence-electron chi connectivity index (χ1n) is 8.52. The van der Waals surface area contributed by atoms with Gasteiger partial charge >= 0.3 is 12.1 Å². The highest BCUT2D eigenvalue weighted by molar-refractivity contribution is 5.87. The van der Waals surface area contributed by atoms with Gasteiger partial charge in [-0.15, -0.1) is 0 Å². The lowest BCUT2D eigenvalue weighted by atomic mass is 10.0. The van der Waals surface area contributed by atoms with Gasteiger partial charge in [-0.05, 0) is 35.4 Å². The average Bonchev–Trinajstić information content (AvgIpc) is 2.71. The number of carbonyl (C=O) groups excluding carboxylic acids is 2. The number of carbonyl (C=O) groups is 2.